The van der Waals surface area contributed by atoms with Crippen molar-refractivity contribution in [3.8, 4) is 0 Å². The number of anilines is 2. The van der Waals surface area contributed by atoms with Gasteiger partial charge >= 0.3 is 0 Å². The standard InChI is InChI=1S/C19H29N7O2S/c1-16(2)25-13-19(22-15-25)29(27,28)26-10-8-24(9-11-26)18-12-17(20-14-21-18)23-6-4-3-5-7-23/h12-16H,3-11H2,1-2H3. The van der Waals surface area contributed by atoms with Crippen molar-refractivity contribution >= 4 is 21.7 Å². The van der Waals surface area contributed by atoms with Crippen molar-refractivity contribution in [2.24, 2.45) is 0 Å². The largest absolute Gasteiger partial charge is 0.356 e. The molecule has 2 saturated heterocycles. The Labute approximate surface area is 172 Å². The molecule has 2 aliphatic rings. The second-order valence-corrected chi connectivity index (χ2v) is 9.81. The number of hydrogen-bond donors (Lipinski definition) is 0. The number of rotatable bonds is 5. The molecule has 2 fully saturated rings. The molecule has 0 saturated carbocycles. The van der Waals surface area contributed by atoms with E-state index in [2.05, 4.69) is 24.8 Å². The predicted molar refractivity (Wildman–Crippen MR) is 112 cm³/mol. The van der Waals surface area contributed by atoms with Gasteiger partial charge in [-0.1, -0.05) is 0 Å². The smallest absolute Gasteiger partial charge is 0.262 e. The van der Waals surface area contributed by atoms with Crippen molar-refractivity contribution in [3.05, 3.63) is 24.9 Å². The summed E-state index contributed by atoms with van der Waals surface area (Å²) < 4.78 is 29.2. The molecule has 0 atom stereocenters. The van der Waals surface area contributed by atoms with E-state index in [4.69, 9.17) is 0 Å². The molecule has 0 aromatic carbocycles. The van der Waals surface area contributed by atoms with Gasteiger partial charge < -0.3 is 14.4 Å². The minimum Gasteiger partial charge on any atom is -0.356 e. The molecule has 10 heteroatoms. The molecule has 0 amide bonds. The maximum Gasteiger partial charge on any atom is 0.262 e. The monoisotopic (exact) mass is 419 g/mol. The Bertz CT molecular complexity index is 930. The van der Waals surface area contributed by atoms with E-state index in [1.54, 1.807) is 18.9 Å². The quantitative estimate of drug-likeness (QED) is 0.730. The first kappa shape index (κ1) is 20.1. The summed E-state index contributed by atoms with van der Waals surface area (Å²) >= 11 is 0. The average Bonchev–Trinajstić information content (AvgIpc) is 3.26. The van der Waals surface area contributed by atoms with Gasteiger partial charge in [0.1, 0.15) is 18.0 Å². The van der Waals surface area contributed by atoms with Gasteiger partial charge in [0, 0.05) is 57.6 Å². The van der Waals surface area contributed by atoms with Crippen LogP contribution in [0.25, 0.3) is 0 Å². The number of hydrogen-bond acceptors (Lipinski definition) is 7. The summed E-state index contributed by atoms with van der Waals surface area (Å²) in [4.78, 5) is 17.4. The van der Waals surface area contributed by atoms with E-state index < -0.39 is 10.0 Å². The van der Waals surface area contributed by atoms with Crippen molar-refractivity contribution in [2.75, 3.05) is 49.1 Å². The van der Waals surface area contributed by atoms with Crippen LogP contribution >= 0.6 is 0 Å². The molecule has 0 N–H and O–H groups in total. The van der Waals surface area contributed by atoms with Crippen LogP contribution in [-0.2, 0) is 10.0 Å². The second kappa shape index (κ2) is 8.27. The van der Waals surface area contributed by atoms with Gasteiger partial charge in [-0.15, -0.1) is 0 Å². The lowest BCUT2D eigenvalue weighted by Gasteiger charge is -2.35. The Hall–Kier alpha value is -2.20. The topological polar surface area (TPSA) is 87.5 Å². The summed E-state index contributed by atoms with van der Waals surface area (Å²) in [6.45, 7) is 8.09. The summed E-state index contributed by atoms with van der Waals surface area (Å²) in [6.07, 6.45) is 8.48. The molecule has 2 aromatic heterocycles. The van der Waals surface area contributed by atoms with E-state index in [1.807, 2.05) is 24.5 Å². The molecule has 0 unspecified atom stereocenters. The van der Waals surface area contributed by atoms with E-state index in [0.29, 0.717) is 26.2 Å². The Balaban J connectivity index is 1.42. The Morgan fingerprint density at radius 2 is 1.48 bits per heavy atom. The van der Waals surface area contributed by atoms with Crippen LogP contribution in [0.1, 0.15) is 39.2 Å². The molecule has 2 aromatic rings. The van der Waals surface area contributed by atoms with Gasteiger partial charge in [0.25, 0.3) is 10.0 Å². The van der Waals surface area contributed by atoms with E-state index in [0.717, 1.165) is 24.7 Å². The van der Waals surface area contributed by atoms with Crippen molar-refractivity contribution in [2.45, 2.75) is 44.2 Å². The van der Waals surface area contributed by atoms with Crippen molar-refractivity contribution in [3.63, 3.8) is 0 Å². The number of aromatic nitrogens is 4. The normalized spacial score (nSPS) is 19.1. The molecule has 9 nitrogen and oxygen atoms in total. The molecule has 29 heavy (non-hydrogen) atoms. The summed E-state index contributed by atoms with van der Waals surface area (Å²) in [6, 6.07) is 2.20. The summed E-state index contributed by atoms with van der Waals surface area (Å²) in [7, 11) is -3.57. The fraction of sp³-hybridized carbons (Fsp3) is 0.632. The van der Waals surface area contributed by atoms with Gasteiger partial charge in [-0.2, -0.15) is 4.31 Å². The lowest BCUT2D eigenvalue weighted by atomic mass is 10.1. The maximum absolute atomic E-state index is 12.9. The molecule has 0 bridgehead atoms. The Morgan fingerprint density at radius 3 is 2.07 bits per heavy atom. The van der Waals surface area contributed by atoms with Gasteiger partial charge in [-0.3, -0.25) is 0 Å². The third-order valence-corrected chi connectivity index (χ3v) is 7.44. The van der Waals surface area contributed by atoms with Crippen LogP contribution in [0.3, 0.4) is 0 Å². The molecule has 0 spiro atoms. The molecule has 0 radical (unpaired) electrons. The van der Waals surface area contributed by atoms with Crippen LogP contribution in [0.15, 0.2) is 29.9 Å². The number of piperidine rings is 1. The summed E-state index contributed by atoms with van der Waals surface area (Å²) in [5, 5.41) is 0.120. The van der Waals surface area contributed by atoms with Crippen molar-refractivity contribution < 1.29 is 8.42 Å². The molecule has 4 heterocycles. The van der Waals surface area contributed by atoms with Gasteiger partial charge in [-0.05, 0) is 33.1 Å². The van der Waals surface area contributed by atoms with Gasteiger partial charge in [0.05, 0.1) is 6.33 Å². The van der Waals surface area contributed by atoms with Crippen molar-refractivity contribution in [1.29, 1.82) is 0 Å². The van der Waals surface area contributed by atoms with Crippen LogP contribution in [0.2, 0.25) is 0 Å². The molecular formula is C19H29N7O2S. The van der Waals surface area contributed by atoms with E-state index in [9.17, 15) is 8.42 Å². The summed E-state index contributed by atoms with van der Waals surface area (Å²) in [5.74, 6) is 1.82. The lowest BCUT2D eigenvalue weighted by molar-refractivity contribution is 0.382. The van der Waals surface area contributed by atoms with Crippen LogP contribution in [0.5, 0.6) is 0 Å². The number of imidazole rings is 1. The van der Waals surface area contributed by atoms with Gasteiger partial charge in [-0.25, -0.2) is 23.4 Å². The molecule has 4 rings (SSSR count). The highest BCUT2D eigenvalue weighted by Gasteiger charge is 2.31. The van der Waals surface area contributed by atoms with E-state index in [1.165, 1.54) is 23.6 Å². The molecular weight excluding hydrogens is 390 g/mol. The van der Waals surface area contributed by atoms with Crippen molar-refractivity contribution in [1.82, 2.24) is 23.8 Å². The molecule has 158 valence electrons. The third kappa shape index (κ3) is 4.23. The van der Waals surface area contributed by atoms with Crippen LogP contribution in [0, 0.1) is 0 Å². The number of nitrogens with zero attached hydrogens (tertiary/aromatic N) is 7. The fourth-order valence-corrected chi connectivity index (χ4v) is 5.17. The van der Waals surface area contributed by atoms with Crippen LogP contribution in [0.4, 0.5) is 11.6 Å². The zero-order chi connectivity index (χ0) is 20.4. The fourth-order valence-electron chi connectivity index (χ4n) is 3.83. The lowest BCUT2D eigenvalue weighted by Crippen LogP contribution is -2.49. The zero-order valence-corrected chi connectivity index (χ0v) is 17.9. The van der Waals surface area contributed by atoms with Crippen LogP contribution < -0.4 is 9.80 Å². The SMILES string of the molecule is CC(C)n1cnc(S(=O)(=O)N2CCN(c3cc(N4CCCCC4)ncn3)CC2)c1. The van der Waals surface area contributed by atoms with Gasteiger partial charge in [0.15, 0.2) is 5.03 Å². The number of piperazine rings is 1. The molecule has 0 aliphatic carbocycles. The predicted octanol–water partition coefficient (Wildman–Crippen LogP) is 1.76. The second-order valence-electron chi connectivity index (χ2n) is 7.93. The first-order valence-corrected chi connectivity index (χ1v) is 11.7. The van der Waals surface area contributed by atoms with E-state index >= 15 is 0 Å². The maximum atomic E-state index is 12.9. The van der Waals surface area contributed by atoms with Crippen LogP contribution in [-0.4, -0.2) is 71.5 Å². The third-order valence-electron chi connectivity index (χ3n) is 5.66. The minimum atomic E-state index is -3.57. The molecule has 2 aliphatic heterocycles. The first-order valence-electron chi connectivity index (χ1n) is 10.3. The zero-order valence-electron chi connectivity index (χ0n) is 17.1. The average molecular weight is 420 g/mol. The van der Waals surface area contributed by atoms with E-state index in [-0.39, 0.29) is 11.1 Å². The highest BCUT2D eigenvalue weighted by Crippen LogP contribution is 2.23. The number of sulfonamides is 1. The first-order chi connectivity index (χ1) is 13.9. The minimum absolute atomic E-state index is 0.120. The highest BCUT2D eigenvalue weighted by molar-refractivity contribution is 7.89. The summed E-state index contributed by atoms with van der Waals surface area (Å²) in [5.41, 5.74) is 0. The highest BCUT2D eigenvalue weighted by atomic mass is 32.2. The van der Waals surface area contributed by atoms with Gasteiger partial charge in [0.2, 0.25) is 0 Å². The Kier molecular flexibility index (Phi) is 5.73. The Morgan fingerprint density at radius 1 is 0.862 bits per heavy atom.